The maximum atomic E-state index is 5.01. The number of allylic oxidation sites excluding steroid dienone is 4. The Balaban J connectivity index is 1.11. The molecule has 0 atom stereocenters. The molecule has 11 aromatic rings. The minimum Gasteiger partial charge on any atom is -0.309 e. The summed E-state index contributed by atoms with van der Waals surface area (Å²) in [5, 5.41) is 10.3. The smallest absolute Gasteiger partial charge is 0.164 e. The van der Waals surface area contributed by atoms with Crippen molar-refractivity contribution in [2.75, 3.05) is 0 Å². The van der Waals surface area contributed by atoms with Gasteiger partial charge >= 0.3 is 0 Å². The van der Waals surface area contributed by atoms with Gasteiger partial charge in [0.05, 0.1) is 27.6 Å². The van der Waals surface area contributed by atoms with Gasteiger partial charge in [-0.05, 0) is 72.1 Å². The lowest BCUT2D eigenvalue weighted by molar-refractivity contribution is 1.01. The van der Waals surface area contributed by atoms with Crippen LogP contribution in [0.25, 0.3) is 105 Å². The maximum Gasteiger partial charge on any atom is 0.164 e. The number of hydrogen-bond acceptors (Lipinski definition) is 3. The van der Waals surface area contributed by atoms with Crippen molar-refractivity contribution in [2.45, 2.75) is 12.8 Å². The molecule has 0 fully saturated rings. The van der Waals surface area contributed by atoms with Gasteiger partial charge in [0.15, 0.2) is 17.5 Å². The number of benzene rings is 7. The fourth-order valence-electron chi connectivity index (χ4n) is 8.82. The van der Waals surface area contributed by atoms with E-state index in [1.165, 1.54) is 70.7 Å². The van der Waals surface area contributed by atoms with Crippen molar-refractivity contribution in [3.8, 4) is 28.5 Å². The highest BCUT2D eigenvalue weighted by atomic mass is 15.0. The Morgan fingerprint density at radius 3 is 1.90 bits per heavy atom. The van der Waals surface area contributed by atoms with Crippen molar-refractivity contribution >= 4 is 76.2 Å². The Labute approximate surface area is 298 Å². The third kappa shape index (κ3) is 3.74. The van der Waals surface area contributed by atoms with Gasteiger partial charge in [0, 0.05) is 54.7 Å². The van der Waals surface area contributed by atoms with Crippen molar-refractivity contribution in [3.63, 3.8) is 0 Å². The second-order valence-electron chi connectivity index (χ2n) is 13.9. The van der Waals surface area contributed by atoms with Crippen LogP contribution in [0, 0.1) is 0 Å². The molecule has 0 aliphatic heterocycles. The molecule has 0 bridgehead atoms. The number of rotatable bonds is 4. The van der Waals surface area contributed by atoms with Crippen LogP contribution in [-0.2, 0) is 0 Å². The van der Waals surface area contributed by atoms with E-state index in [1.54, 1.807) is 0 Å². The summed E-state index contributed by atoms with van der Waals surface area (Å²) in [7, 11) is 0. The van der Waals surface area contributed by atoms with Crippen LogP contribution < -0.4 is 0 Å². The van der Waals surface area contributed by atoms with Crippen LogP contribution in [0.4, 0.5) is 0 Å². The van der Waals surface area contributed by atoms with Crippen LogP contribution in [0.2, 0.25) is 0 Å². The lowest BCUT2D eigenvalue weighted by Gasteiger charge is -2.12. The highest BCUT2D eigenvalue weighted by Gasteiger charge is 2.24. The number of nitrogens with zero attached hydrogens (tertiary/aromatic N) is 5. The summed E-state index contributed by atoms with van der Waals surface area (Å²) >= 11 is 0. The zero-order valence-electron chi connectivity index (χ0n) is 28.1. The molecule has 0 N–H and O–H groups in total. The summed E-state index contributed by atoms with van der Waals surface area (Å²) < 4.78 is 4.95. The van der Waals surface area contributed by atoms with Crippen LogP contribution >= 0.6 is 0 Å². The van der Waals surface area contributed by atoms with Crippen molar-refractivity contribution in [2.24, 2.45) is 0 Å². The molecular formula is C47H29N5. The average molecular weight is 664 g/mol. The first-order valence-corrected chi connectivity index (χ1v) is 17.9. The summed E-state index contributed by atoms with van der Waals surface area (Å²) in [6, 6.07) is 48.3. The van der Waals surface area contributed by atoms with Gasteiger partial charge in [0.2, 0.25) is 0 Å². The molecule has 0 radical (unpaired) electrons. The Hall–Kier alpha value is -6.85. The quantitative estimate of drug-likeness (QED) is 0.188. The van der Waals surface area contributed by atoms with Gasteiger partial charge in [-0.25, -0.2) is 15.0 Å². The molecule has 7 aromatic carbocycles. The Morgan fingerprint density at radius 2 is 1.12 bits per heavy atom. The van der Waals surface area contributed by atoms with Gasteiger partial charge in [-0.2, -0.15) is 0 Å². The zero-order chi connectivity index (χ0) is 33.9. The summed E-state index contributed by atoms with van der Waals surface area (Å²) in [6.45, 7) is 0. The Bertz CT molecular complexity index is 3270. The highest BCUT2D eigenvalue weighted by molar-refractivity contribution is 6.37. The van der Waals surface area contributed by atoms with E-state index in [0.717, 1.165) is 35.2 Å². The van der Waals surface area contributed by atoms with Crippen molar-refractivity contribution < 1.29 is 0 Å². The maximum absolute atomic E-state index is 5.01. The number of para-hydroxylation sites is 1. The number of aromatic nitrogens is 5. The number of fused-ring (bicyclic) bond motifs is 4. The van der Waals surface area contributed by atoms with Gasteiger partial charge in [-0.3, -0.25) is 0 Å². The largest absolute Gasteiger partial charge is 0.309 e. The lowest BCUT2D eigenvalue weighted by Crippen LogP contribution is -2.03. The summed E-state index contributed by atoms with van der Waals surface area (Å²) in [5.41, 5.74) is 10.2. The van der Waals surface area contributed by atoms with Gasteiger partial charge < -0.3 is 8.97 Å². The van der Waals surface area contributed by atoms with Gasteiger partial charge in [-0.15, -0.1) is 0 Å². The normalized spacial score (nSPS) is 13.7. The van der Waals surface area contributed by atoms with E-state index in [1.807, 2.05) is 18.2 Å². The summed E-state index contributed by atoms with van der Waals surface area (Å²) in [4.78, 5) is 14.9. The predicted octanol–water partition coefficient (Wildman–Crippen LogP) is 11.8. The summed E-state index contributed by atoms with van der Waals surface area (Å²) in [5.74, 6) is 2.06. The van der Waals surface area contributed by atoms with E-state index in [9.17, 15) is 0 Å². The first-order chi connectivity index (χ1) is 25.8. The number of hydrogen-bond donors (Lipinski definition) is 0. The van der Waals surface area contributed by atoms with E-state index in [4.69, 9.17) is 15.0 Å². The molecule has 4 aromatic heterocycles. The van der Waals surface area contributed by atoms with E-state index in [0.29, 0.717) is 17.5 Å². The van der Waals surface area contributed by atoms with Gasteiger partial charge in [-0.1, -0.05) is 103 Å². The van der Waals surface area contributed by atoms with Crippen LogP contribution in [0.5, 0.6) is 0 Å². The monoisotopic (exact) mass is 663 g/mol. The average Bonchev–Trinajstić information content (AvgIpc) is 3.70. The minimum atomic E-state index is 0.670. The van der Waals surface area contributed by atoms with Crippen molar-refractivity contribution in [1.29, 1.82) is 0 Å². The van der Waals surface area contributed by atoms with Crippen LogP contribution in [0.3, 0.4) is 0 Å². The highest BCUT2D eigenvalue weighted by Crippen LogP contribution is 2.47. The Morgan fingerprint density at radius 1 is 0.442 bits per heavy atom. The van der Waals surface area contributed by atoms with E-state index < -0.39 is 0 Å². The first-order valence-electron chi connectivity index (χ1n) is 17.9. The standard InChI is InChI=1S/C47H29N5/c1-3-10-30(11-4-1)45-48-46(31-12-5-2-6-13-31)50-47(49-45)32-18-23-33(24-19-32)51-38-26-21-28-14-9-17-37-40(28)42(38)43-39(51)27-22-29-20-25-35-34-15-7-8-16-36(34)52(37)44(35)41(29)43/h1,3-5,7-27H,2,6H2. The van der Waals surface area contributed by atoms with Crippen molar-refractivity contribution in [1.82, 2.24) is 23.9 Å². The van der Waals surface area contributed by atoms with Gasteiger partial charge in [0.25, 0.3) is 0 Å². The zero-order valence-corrected chi connectivity index (χ0v) is 28.1. The minimum absolute atomic E-state index is 0.670. The first kappa shape index (κ1) is 27.9. The predicted molar refractivity (Wildman–Crippen MR) is 215 cm³/mol. The van der Waals surface area contributed by atoms with Gasteiger partial charge in [0.1, 0.15) is 0 Å². The molecule has 0 unspecified atom stereocenters. The molecule has 5 nitrogen and oxygen atoms in total. The van der Waals surface area contributed by atoms with Crippen LogP contribution in [-0.4, -0.2) is 23.9 Å². The molecule has 0 saturated heterocycles. The second kappa shape index (κ2) is 10.3. The molecule has 0 amide bonds. The summed E-state index contributed by atoms with van der Waals surface area (Å²) in [6.07, 6.45) is 8.57. The van der Waals surface area contributed by atoms with E-state index in [2.05, 4.69) is 142 Å². The molecule has 1 aliphatic carbocycles. The SMILES string of the molecule is C1=CC(c2nc(-c3ccccc3)nc(-c3ccc(-n4c5ccc6cccc7c6c5c5c6c(ccc8c9ccccc9n7c86)ccc54)cc3)n2)=CCC1. The fourth-order valence-corrected chi connectivity index (χ4v) is 8.82. The molecule has 242 valence electrons. The lowest BCUT2D eigenvalue weighted by atomic mass is 9.98. The molecule has 12 rings (SSSR count). The van der Waals surface area contributed by atoms with E-state index in [-0.39, 0.29) is 0 Å². The molecule has 4 heterocycles. The third-order valence-corrected chi connectivity index (χ3v) is 11.1. The van der Waals surface area contributed by atoms with Crippen molar-refractivity contribution in [3.05, 3.63) is 158 Å². The van der Waals surface area contributed by atoms with E-state index >= 15 is 0 Å². The molecule has 52 heavy (non-hydrogen) atoms. The van der Waals surface area contributed by atoms with Crippen LogP contribution in [0.15, 0.2) is 152 Å². The molecule has 1 aliphatic rings. The van der Waals surface area contributed by atoms with Crippen LogP contribution in [0.1, 0.15) is 18.7 Å². The second-order valence-corrected chi connectivity index (χ2v) is 13.9. The molecule has 5 heteroatoms. The topological polar surface area (TPSA) is 48.0 Å². The molecule has 0 saturated carbocycles. The molecule has 0 spiro atoms. The Kier molecular flexibility index (Phi) is 5.55. The molecular weight excluding hydrogens is 635 g/mol. The fraction of sp³-hybridized carbons (Fsp3) is 0.0426. The third-order valence-electron chi connectivity index (χ3n) is 11.1.